The van der Waals surface area contributed by atoms with Gasteiger partial charge in [-0.05, 0) is 43.5 Å². The first kappa shape index (κ1) is 17.3. The highest BCUT2D eigenvalue weighted by Crippen LogP contribution is 2.31. The lowest BCUT2D eigenvalue weighted by atomic mass is 9.95. The van der Waals surface area contributed by atoms with Crippen LogP contribution in [0.1, 0.15) is 26.2 Å². The molecule has 1 unspecified atom stereocenters. The summed E-state index contributed by atoms with van der Waals surface area (Å²) in [6.07, 6.45) is 2.51. The van der Waals surface area contributed by atoms with Gasteiger partial charge in [0.15, 0.2) is 0 Å². The van der Waals surface area contributed by atoms with E-state index < -0.39 is 0 Å². The van der Waals surface area contributed by atoms with Crippen LogP contribution in [0.4, 0.5) is 4.39 Å². The number of benzene rings is 1. The second-order valence-electron chi connectivity index (χ2n) is 6.55. The fourth-order valence-corrected chi connectivity index (χ4v) is 4.59. The van der Waals surface area contributed by atoms with E-state index in [1.54, 1.807) is 30.8 Å². The van der Waals surface area contributed by atoms with E-state index in [2.05, 4.69) is 0 Å². The number of nitrogens with zero attached hydrogens (tertiary/aromatic N) is 2. The fraction of sp³-hybridized carbons (Fsp3) is 0.556. The molecule has 0 saturated carbocycles. The summed E-state index contributed by atoms with van der Waals surface area (Å²) in [5.41, 5.74) is 0. The molecule has 3 rings (SSSR count). The molecule has 0 aromatic heterocycles. The summed E-state index contributed by atoms with van der Waals surface area (Å²) in [6, 6.07) is 6.54. The standard InChI is InChI=1S/C18H23FN2O2S/c1-13(22)20-9-6-14(7-10-20)18(23)21-11-8-17(12-21)24-16-4-2-15(19)3-5-16/h2-5,14,17H,6-12H2,1H3. The van der Waals surface area contributed by atoms with Crippen molar-refractivity contribution in [3.63, 3.8) is 0 Å². The Morgan fingerprint density at radius 2 is 1.67 bits per heavy atom. The molecule has 0 radical (unpaired) electrons. The second-order valence-corrected chi connectivity index (χ2v) is 7.92. The Hall–Kier alpha value is -1.56. The Morgan fingerprint density at radius 3 is 2.29 bits per heavy atom. The number of thioether (sulfide) groups is 1. The first-order valence-electron chi connectivity index (χ1n) is 8.49. The number of carbonyl (C=O) groups is 2. The Kier molecular flexibility index (Phi) is 5.43. The van der Waals surface area contributed by atoms with E-state index in [4.69, 9.17) is 0 Å². The van der Waals surface area contributed by atoms with Crippen LogP contribution in [0.15, 0.2) is 29.2 Å². The molecule has 1 aromatic carbocycles. The Labute approximate surface area is 146 Å². The molecule has 130 valence electrons. The van der Waals surface area contributed by atoms with E-state index >= 15 is 0 Å². The van der Waals surface area contributed by atoms with Crippen LogP contribution in [0, 0.1) is 11.7 Å². The van der Waals surface area contributed by atoms with Crippen LogP contribution in [0.2, 0.25) is 0 Å². The van der Waals surface area contributed by atoms with Crippen molar-refractivity contribution < 1.29 is 14.0 Å². The lowest BCUT2D eigenvalue weighted by Crippen LogP contribution is -2.43. The van der Waals surface area contributed by atoms with E-state index in [-0.39, 0.29) is 23.5 Å². The molecule has 4 nitrogen and oxygen atoms in total. The maximum absolute atomic E-state index is 13.0. The van der Waals surface area contributed by atoms with Gasteiger partial charge >= 0.3 is 0 Å². The van der Waals surface area contributed by atoms with Crippen LogP contribution < -0.4 is 0 Å². The number of amides is 2. The monoisotopic (exact) mass is 350 g/mol. The molecule has 0 aliphatic carbocycles. The molecular weight excluding hydrogens is 327 g/mol. The summed E-state index contributed by atoms with van der Waals surface area (Å²) in [5, 5.41) is 0.372. The molecule has 1 aromatic rings. The lowest BCUT2D eigenvalue weighted by molar-refractivity contribution is -0.139. The summed E-state index contributed by atoms with van der Waals surface area (Å²) in [4.78, 5) is 28.9. The highest BCUT2D eigenvalue weighted by Gasteiger charge is 2.33. The second kappa shape index (κ2) is 7.55. The van der Waals surface area contributed by atoms with Gasteiger partial charge in [-0.25, -0.2) is 4.39 Å². The van der Waals surface area contributed by atoms with Crippen molar-refractivity contribution in [2.75, 3.05) is 26.2 Å². The van der Waals surface area contributed by atoms with Gasteiger partial charge in [0.1, 0.15) is 5.82 Å². The average Bonchev–Trinajstić information content (AvgIpc) is 3.05. The average molecular weight is 350 g/mol. The van der Waals surface area contributed by atoms with Crippen molar-refractivity contribution >= 4 is 23.6 Å². The van der Waals surface area contributed by atoms with E-state index in [1.165, 1.54) is 12.1 Å². The smallest absolute Gasteiger partial charge is 0.225 e. The molecule has 0 N–H and O–H groups in total. The Balaban J connectivity index is 1.49. The van der Waals surface area contributed by atoms with Crippen molar-refractivity contribution in [3.05, 3.63) is 30.1 Å². The van der Waals surface area contributed by atoms with E-state index in [0.717, 1.165) is 37.2 Å². The maximum atomic E-state index is 13.0. The van der Waals surface area contributed by atoms with Gasteiger partial charge in [0, 0.05) is 49.2 Å². The van der Waals surface area contributed by atoms with Crippen LogP contribution >= 0.6 is 11.8 Å². The molecule has 2 fully saturated rings. The van der Waals surface area contributed by atoms with E-state index in [1.807, 2.05) is 9.80 Å². The third-order valence-electron chi connectivity index (χ3n) is 4.86. The third kappa shape index (κ3) is 4.09. The molecule has 0 bridgehead atoms. The van der Waals surface area contributed by atoms with Gasteiger partial charge in [0.25, 0.3) is 0 Å². The van der Waals surface area contributed by atoms with Crippen LogP contribution in [0.25, 0.3) is 0 Å². The number of halogens is 1. The first-order chi connectivity index (χ1) is 11.5. The van der Waals surface area contributed by atoms with Gasteiger partial charge in [-0.1, -0.05) is 0 Å². The number of hydrogen-bond acceptors (Lipinski definition) is 3. The van der Waals surface area contributed by atoms with Crippen LogP contribution in [0.5, 0.6) is 0 Å². The summed E-state index contributed by atoms with van der Waals surface area (Å²) in [7, 11) is 0. The Morgan fingerprint density at radius 1 is 1.04 bits per heavy atom. The molecule has 2 heterocycles. The van der Waals surface area contributed by atoms with E-state index in [0.29, 0.717) is 18.3 Å². The SMILES string of the molecule is CC(=O)N1CCC(C(=O)N2CCC(Sc3ccc(F)cc3)C2)CC1. The predicted octanol–water partition coefficient (Wildman–Crippen LogP) is 2.78. The van der Waals surface area contributed by atoms with Crippen molar-refractivity contribution in [1.29, 1.82) is 0 Å². The zero-order chi connectivity index (χ0) is 17.1. The zero-order valence-electron chi connectivity index (χ0n) is 13.9. The molecule has 2 aliphatic heterocycles. The van der Waals surface area contributed by atoms with Gasteiger partial charge in [-0.3, -0.25) is 9.59 Å². The molecular formula is C18H23FN2O2S. The van der Waals surface area contributed by atoms with Gasteiger partial charge in [-0.15, -0.1) is 11.8 Å². The normalized spacial score (nSPS) is 22.0. The van der Waals surface area contributed by atoms with Crippen molar-refractivity contribution in [2.24, 2.45) is 5.92 Å². The minimum absolute atomic E-state index is 0.0511. The van der Waals surface area contributed by atoms with Gasteiger partial charge in [-0.2, -0.15) is 0 Å². The number of carbonyl (C=O) groups excluding carboxylic acids is 2. The highest BCUT2D eigenvalue weighted by atomic mass is 32.2. The fourth-order valence-electron chi connectivity index (χ4n) is 3.43. The predicted molar refractivity (Wildman–Crippen MR) is 92.2 cm³/mol. The number of likely N-dealkylation sites (tertiary alicyclic amines) is 2. The largest absolute Gasteiger partial charge is 0.343 e. The minimum atomic E-state index is -0.223. The maximum Gasteiger partial charge on any atom is 0.225 e. The molecule has 2 saturated heterocycles. The van der Waals surface area contributed by atoms with Crippen LogP contribution in [-0.2, 0) is 9.59 Å². The van der Waals surface area contributed by atoms with E-state index in [9.17, 15) is 14.0 Å². The van der Waals surface area contributed by atoms with Gasteiger partial charge in [0.2, 0.25) is 11.8 Å². The molecule has 24 heavy (non-hydrogen) atoms. The van der Waals surface area contributed by atoms with Crippen LogP contribution in [-0.4, -0.2) is 53.0 Å². The molecule has 6 heteroatoms. The number of rotatable bonds is 3. The van der Waals surface area contributed by atoms with Crippen molar-refractivity contribution in [2.45, 2.75) is 36.3 Å². The lowest BCUT2D eigenvalue weighted by Gasteiger charge is -2.32. The molecule has 2 amide bonds. The molecule has 0 spiro atoms. The first-order valence-corrected chi connectivity index (χ1v) is 9.37. The van der Waals surface area contributed by atoms with Crippen molar-refractivity contribution in [1.82, 2.24) is 9.80 Å². The number of hydrogen-bond donors (Lipinski definition) is 0. The molecule has 1 atom stereocenters. The van der Waals surface area contributed by atoms with Crippen LogP contribution in [0.3, 0.4) is 0 Å². The topological polar surface area (TPSA) is 40.6 Å². The summed E-state index contributed by atoms with van der Waals surface area (Å²) < 4.78 is 13.0. The quantitative estimate of drug-likeness (QED) is 0.842. The summed E-state index contributed by atoms with van der Waals surface area (Å²) in [5.74, 6) is 0.160. The van der Waals surface area contributed by atoms with Gasteiger partial charge < -0.3 is 9.80 Å². The Bertz CT molecular complexity index is 600. The number of piperidine rings is 1. The third-order valence-corrected chi connectivity index (χ3v) is 6.13. The zero-order valence-corrected chi connectivity index (χ0v) is 14.7. The summed E-state index contributed by atoms with van der Waals surface area (Å²) in [6.45, 7) is 4.51. The minimum Gasteiger partial charge on any atom is -0.343 e. The van der Waals surface area contributed by atoms with Gasteiger partial charge in [0.05, 0.1) is 0 Å². The molecule has 2 aliphatic rings. The summed E-state index contributed by atoms with van der Waals surface area (Å²) >= 11 is 1.72. The van der Waals surface area contributed by atoms with Crippen molar-refractivity contribution in [3.8, 4) is 0 Å². The highest BCUT2D eigenvalue weighted by molar-refractivity contribution is 8.00.